The second-order valence-corrected chi connectivity index (χ2v) is 14.0. The quantitative estimate of drug-likeness (QED) is 0.375. The zero-order chi connectivity index (χ0) is 30.4. The molecule has 1 saturated heterocycles. The molecule has 10 nitrogen and oxygen atoms in total. The number of carbonyl (C=O) groups excluding carboxylic acids is 3. The summed E-state index contributed by atoms with van der Waals surface area (Å²) in [7, 11) is -1.81. The number of nitrogens with zero attached hydrogens (tertiary/aromatic N) is 3. The van der Waals surface area contributed by atoms with Gasteiger partial charge in [0.2, 0.25) is 10.0 Å². The smallest absolute Gasteiger partial charge is 0.310 e. The lowest BCUT2D eigenvalue weighted by atomic mass is 10.0. The van der Waals surface area contributed by atoms with Crippen molar-refractivity contribution in [1.29, 1.82) is 0 Å². The molecule has 1 aromatic heterocycles. The molecule has 0 bridgehead atoms. The number of esters is 1. The molecule has 0 saturated carbocycles. The summed E-state index contributed by atoms with van der Waals surface area (Å²) in [6, 6.07) is 5.81. The number of hydrogen-bond acceptors (Lipinski definition) is 8. The van der Waals surface area contributed by atoms with Gasteiger partial charge in [0.1, 0.15) is 5.00 Å². The third kappa shape index (κ3) is 7.04. The molecule has 0 spiro atoms. The van der Waals surface area contributed by atoms with Crippen LogP contribution in [0, 0.1) is 5.92 Å². The summed E-state index contributed by atoms with van der Waals surface area (Å²) in [6.07, 6.45) is 3.59. The summed E-state index contributed by atoms with van der Waals surface area (Å²) < 4.78 is 33.1. The van der Waals surface area contributed by atoms with Crippen LogP contribution in [0.4, 0.5) is 5.00 Å². The molecule has 1 unspecified atom stereocenters. The number of hydrogen-bond donors (Lipinski definition) is 1. The van der Waals surface area contributed by atoms with Crippen molar-refractivity contribution in [2.45, 2.75) is 64.3 Å². The maximum atomic E-state index is 13.8. The Bertz CT molecular complexity index is 1380. The van der Waals surface area contributed by atoms with Crippen LogP contribution in [-0.2, 0) is 32.5 Å². The van der Waals surface area contributed by atoms with Gasteiger partial charge in [0.15, 0.2) is 0 Å². The van der Waals surface area contributed by atoms with Gasteiger partial charge in [-0.15, -0.1) is 11.3 Å². The van der Waals surface area contributed by atoms with E-state index in [0.717, 1.165) is 42.8 Å². The highest BCUT2D eigenvalue weighted by molar-refractivity contribution is 7.89. The van der Waals surface area contributed by atoms with E-state index in [2.05, 4.69) is 10.2 Å². The van der Waals surface area contributed by atoms with Crippen molar-refractivity contribution in [1.82, 2.24) is 14.1 Å². The zero-order valence-corrected chi connectivity index (χ0v) is 26.6. The Hall–Kier alpha value is -2.80. The van der Waals surface area contributed by atoms with Gasteiger partial charge in [-0.25, -0.2) is 8.42 Å². The van der Waals surface area contributed by atoms with Crippen molar-refractivity contribution in [3.63, 3.8) is 0 Å². The predicted molar refractivity (Wildman–Crippen MR) is 163 cm³/mol. The van der Waals surface area contributed by atoms with Crippen molar-refractivity contribution >= 4 is 44.1 Å². The largest absolute Gasteiger partial charge is 0.466 e. The molecular weight excluding hydrogens is 576 g/mol. The highest BCUT2D eigenvalue weighted by atomic mass is 32.2. The Labute approximate surface area is 253 Å². The lowest BCUT2D eigenvalue weighted by Gasteiger charge is -2.30. The van der Waals surface area contributed by atoms with Crippen molar-refractivity contribution < 1.29 is 27.5 Å². The van der Waals surface area contributed by atoms with E-state index < -0.39 is 21.8 Å². The Morgan fingerprint density at radius 3 is 2.40 bits per heavy atom. The highest BCUT2D eigenvalue weighted by Gasteiger charge is 2.34. The van der Waals surface area contributed by atoms with Gasteiger partial charge in [0, 0.05) is 49.7 Å². The van der Waals surface area contributed by atoms with Crippen molar-refractivity contribution in [3.8, 4) is 0 Å². The fraction of sp³-hybridized carbons (Fsp3) is 0.567. The lowest BCUT2D eigenvalue weighted by molar-refractivity contribution is -0.149. The topological polar surface area (TPSA) is 116 Å². The highest BCUT2D eigenvalue weighted by Crippen LogP contribution is 2.38. The third-order valence-corrected chi connectivity index (χ3v) is 10.7. The Kier molecular flexibility index (Phi) is 10.8. The Morgan fingerprint density at radius 1 is 1.07 bits per heavy atom. The fourth-order valence-corrected chi connectivity index (χ4v) is 8.41. The van der Waals surface area contributed by atoms with Crippen LogP contribution in [0.3, 0.4) is 0 Å². The van der Waals surface area contributed by atoms with Gasteiger partial charge in [-0.3, -0.25) is 14.4 Å². The Balaban J connectivity index is 1.54. The molecule has 2 aromatic rings. The number of fused-ring (bicyclic) bond motifs is 1. The van der Waals surface area contributed by atoms with Crippen LogP contribution in [0.25, 0.3) is 0 Å². The van der Waals surface area contributed by atoms with Crippen LogP contribution in [0.5, 0.6) is 0 Å². The van der Waals surface area contributed by atoms with Crippen molar-refractivity contribution in [3.05, 3.63) is 45.8 Å². The van der Waals surface area contributed by atoms with Crippen LogP contribution < -0.4 is 5.32 Å². The number of piperidine rings is 1. The van der Waals surface area contributed by atoms with Crippen LogP contribution in [0.1, 0.15) is 77.6 Å². The molecule has 0 aliphatic carbocycles. The molecule has 42 heavy (non-hydrogen) atoms. The second-order valence-electron chi connectivity index (χ2n) is 10.9. The first-order chi connectivity index (χ1) is 20.1. The molecule has 0 radical (unpaired) electrons. The summed E-state index contributed by atoms with van der Waals surface area (Å²) in [5.74, 6) is -1.33. The summed E-state index contributed by atoms with van der Waals surface area (Å²) in [5.41, 5.74) is 1.89. The standard InChI is InChI=1S/C30H42N4O6S2/c1-5-15-33(16-6-2)29(36)26-24-14-18-32(4)20-25(24)41-28(26)31-27(35)21-10-12-23(13-11-21)42(38,39)34-17-8-9-22(19-34)30(37)40-7-3/h10-13,22H,5-9,14-20H2,1-4H3,(H,31,35). The number of anilines is 1. The van der Waals surface area contributed by atoms with E-state index in [1.807, 2.05) is 25.8 Å². The number of rotatable bonds is 11. The second kappa shape index (κ2) is 14.1. The first-order valence-corrected chi connectivity index (χ1v) is 17.1. The lowest BCUT2D eigenvalue weighted by Crippen LogP contribution is -2.42. The first-order valence-electron chi connectivity index (χ1n) is 14.8. The Morgan fingerprint density at radius 2 is 1.76 bits per heavy atom. The molecule has 230 valence electrons. The van der Waals surface area contributed by atoms with Crippen molar-refractivity contribution in [2.75, 3.05) is 51.7 Å². The molecule has 1 fully saturated rings. The first kappa shape index (κ1) is 32.1. The minimum Gasteiger partial charge on any atom is -0.466 e. The summed E-state index contributed by atoms with van der Waals surface area (Å²) in [5, 5.41) is 3.51. The SMILES string of the molecule is CCCN(CCC)C(=O)c1c(NC(=O)c2ccc(S(=O)(=O)N3CCCC(C(=O)OCC)C3)cc2)sc2c1CCN(C)C2. The van der Waals surface area contributed by atoms with Crippen LogP contribution >= 0.6 is 11.3 Å². The number of ether oxygens (including phenoxy) is 1. The van der Waals surface area contributed by atoms with E-state index in [1.54, 1.807) is 6.92 Å². The number of amides is 2. The molecule has 3 heterocycles. The predicted octanol–water partition coefficient (Wildman–Crippen LogP) is 4.21. The number of likely N-dealkylation sites (N-methyl/N-ethyl adjacent to an activating group) is 1. The van der Waals surface area contributed by atoms with Gasteiger partial charge in [-0.1, -0.05) is 13.8 Å². The summed E-state index contributed by atoms with van der Waals surface area (Å²) in [6.45, 7) is 9.33. The zero-order valence-electron chi connectivity index (χ0n) is 25.0. The summed E-state index contributed by atoms with van der Waals surface area (Å²) in [4.78, 5) is 44.5. The molecule has 1 N–H and O–H groups in total. The molecule has 1 aromatic carbocycles. The number of benzene rings is 1. The number of thiophene rings is 1. The maximum Gasteiger partial charge on any atom is 0.310 e. The van der Waals surface area contributed by atoms with E-state index in [-0.39, 0.29) is 35.5 Å². The minimum absolute atomic E-state index is 0.0554. The van der Waals surface area contributed by atoms with Gasteiger partial charge in [-0.05, 0) is 75.9 Å². The van der Waals surface area contributed by atoms with E-state index >= 15 is 0 Å². The number of carbonyl (C=O) groups is 3. The molecular formula is C30H42N4O6S2. The van der Waals surface area contributed by atoms with Gasteiger partial charge in [0.05, 0.1) is 23.0 Å². The molecule has 2 aliphatic rings. The molecule has 2 aliphatic heterocycles. The van der Waals surface area contributed by atoms with E-state index in [0.29, 0.717) is 43.0 Å². The molecule has 12 heteroatoms. The van der Waals surface area contributed by atoms with E-state index in [4.69, 9.17) is 4.74 Å². The number of sulfonamides is 1. The average molecular weight is 619 g/mol. The summed E-state index contributed by atoms with van der Waals surface area (Å²) >= 11 is 1.44. The minimum atomic E-state index is -3.85. The van der Waals surface area contributed by atoms with Gasteiger partial charge >= 0.3 is 5.97 Å². The van der Waals surface area contributed by atoms with Crippen LogP contribution in [0.15, 0.2) is 29.2 Å². The molecule has 1 atom stereocenters. The number of nitrogens with one attached hydrogen (secondary N) is 1. The van der Waals surface area contributed by atoms with Crippen LogP contribution in [0.2, 0.25) is 0 Å². The van der Waals surface area contributed by atoms with E-state index in [9.17, 15) is 22.8 Å². The van der Waals surface area contributed by atoms with Gasteiger partial charge in [0.25, 0.3) is 11.8 Å². The third-order valence-electron chi connectivity index (χ3n) is 7.72. The van der Waals surface area contributed by atoms with Crippen molar-refractivity contribution in [2.24, 2.45) is 5.92 Å². The van der Waals surface area contributed by atoms with Gasteiger partial charge in [-0.2, -0.15) is 4.31 Å². The molecule has 2 amide bonds. The van der Waals surface area contributed by atoms with E-state index in [1.165, 1.54) is 39.9 Å². The normalized spacial score (nSPS) is 17.9. The molecule has 4 rings (SSSR count). The fourth-order valence-electron chi connectivity index (χ4n) is 5.57. The van der Waals surface area contributed by atoms with Gasteiger partial charge < -0.3 is 19.9 Å². The average Bonchev–Trinajstić information content (AvgIpc) is 3.33. The maximum absolute atomic E-state index is 13.8. The monoisotopic (exact) mass is 618 g/mol. The van der Waals surface area contributed by atoms with Crippen LogP contribution in [-0.4, -0.2) is 86.7 Å².